The summed E-state index contributed by atoms with van der Waals surface area (Å²) in [5, 5.41) is 0. The van der Waals surface area contributed by atoms with Gasteiger partial charge in [0.2, 0.25) is 0 Å². The maximum Gasteiger partial charge on any atom is -0.0169 e. The molecular weight excluding hydrogens is 120 g/mol. The molecule has 0 atom stereocenters. The third-order valence-corrected chi connectivity index (χ3v) is 0.742. The quantitative estimate of drug-likeness (QED) is 0.412. The molecule has 0 heteroatoms. The number of hydrogen-bond acceptors (Lipinski definition) is 0. The van der Waals surface area contributed by atoms with Crippen LogP contribution in [-0.4, -0.2) is 0 Å². The summed E-state index contributed by atoms with van der Waals surface area (Å²) in [6.07, 6.45) is 10.9. The number of rotatable bonds is 3. The Morgan fingerprint density at radius 2 is 1.80 bits per heavy atom. The van der Waals surface area contributed by atoms with E-state index in [0.717, 1.165) is 6.42 Å². The fraction of sp³-hybridized carbons (Fsp3) is 0.400. The highest BCUT2D eigenvalue weighted by atomic mass is 13.7. The molecule has 0 bridgehead atoms. The smallest absolute Gasteiger partial charge is 0.0169 e. The van der Waals surface area contributed by atoms with Gasteiger partial charge >= 0.3 is 0 Å². The minimum Gasteiger partial charge on any atom is -0.103 e. The van der Waals surface area contributed by atoms with E-state index in [4.69, 9.17) is 0 Å². The zero-order chi connectivity index (χ0) is 8.24. The lowest BCUT2D eigenvalue weighted by Crippen LogP contribution is -1.51. The van der Waals surface area contributed by atoms with Crippen molar-refractivity contribution in [3.63, 3.8) is 0 Å². The normalized spacial score (nSPS) is 9.50. The molecular formula is C10H18. The molecule has 0 nitrogen and oxygen atoms in total. The molecule has 0 aromatic heterocycles. The van der Waals surface area contributed by atoms with Crippen LogP contribution >= 0.6 is 0 Å². The molecule has 0 aliphatic rings. The van der Waals surface area contributed by atoms with Crippen molar-refractivity contribution in [2.45, 2.75) is 27.2 Å². The predicted molar refractivity (Wildman–Crippen MR) is 50.1 cm³/mol. The average Bonchev–Trinajstić information content (AvgIpc) is 2.02. The van der Waals surface area contributed by atoms with Crippen molar-refractivity contribution in [2.24, 2.45) is 0 Å². The molecule has 0 heterocycles. The zero-order valence-corrected chi connectivity index (χ0v) is 7.30. The summed E-state index contributed by atoms with van der Waals surface area (Å²) in [7, 11) is 0. The summed E-state index contributed by atoms with van der Waals surface area (Å²) in [6.45, 7) is 9.58. The van der Waals surface area contributed by atoms with E-state index in [2.05, 4.69) is 12.7 Å². The van der Waals surface area contributed by atoms with E-state index in [-0.39, 0.29) is 0 Å². The van der Waals surface area contributed by atoms with Crippen molar-refractivity contribution in [1.82, 2.24) is 0 Å². The molecule has 0 saturated carbocycles. The molecule has 0 aromatic rings. The van der Waals surface area contributed by atoms with Gasteiger partial charge in [-0.25, -0.2) is 0 Å². The summed E-state index contributed by atoms with van der Waals surface area (Å²) in [5.74, 6) is 0. The van der Waals surface area contributed by atoms with Gasteiger partial charge in [0.15, 0.2) is 0 Å². The Hall–Kier alpha value is -0.780. The van der Waals surface area contributed by atoms with Crippen molar-refractivity contribution in [3.05, 3.63) is 37.0 Å². The number of hydrogen-bond donors (Lipinski definition) is 0. The first-order valence-electron chi connectivity index (χ1n) is 3.80. The van der Waals surface area contributed by atoms with E-state index >= 15 is 0 Å². The van der Waals surface area contributed by atoms with Crippen LogP contribution in [0.15, 0.2) is 37.0 Å². The van der Waals surface area contributed by atoms with Crippen molar-refractivity contribution in [1.29, 1.82) is 0 Å². The van der Waals surface area contributed by atoms with E-state index in [9.17, 15) is 0 Å². The summed E-state index contributed by atoms with van der Waals surface area (Å²) >= 11 is 0. The first kappa shape index (κ1) is 12.0. The summed E-state index contributed by atoms with van der Waals surface area (Å²) < 4.78 is 0. The molecule has 0 spiro atoms. The van der Waals surface area contributed by atoms with Crippen LogP contribution in [0.2, 0.25) is 0 Å². The Bertz CT molecular complexity index is 96.6. The molecule has 0 fully saturated rings. The fourth-order valence-electron chi connectivity index (χ4n) is 0.364. The second kappa shape index (κ2) is 15.7. The Balaban J connectivity index is 0. The van der Waals surface area contributed by atoms with E-state index < -0.39 is 0 Å². The van der Waals surface area contributed by atoms with E-state index in [1.165, 1.54) is 0 Å². The van der Waals surface area contributed by atoms with E-state index in [1.54, 1.807) is 0 Å². The Morgan fingerprint density at radius 1 is 1.20 bits per heavy atom. The molecule has 10 heavy (non-hydrogen) atoms. The average molecular weight is 138 g/mol. The molecule has 0 radical (unpaired) electrons. The Kier molecular flexibility index (Phi) is 18.8. The topological polar surface area (TPSA) is 0 Å². The second-order valence-electron chi connectivity index (χ2n) is 1.48. The van der Waals surface area contributed by atoms with Gasteiger partial charge in [-0.2, -0.15) is 0 Å². The third-order valence-electron chi connectivity index (χ3n) is 0.742. The highest BCUT2D eigenvalue weighted by Gasteiger charge is 1.61. The SMILES string of the molecule is C=CC/C=C\C=C/C.CC. The van der Waals surface area contributed by atoms with Crippen LogP contribution < -0.4 is 0 Å². The van der Waals surface area contributed by atoms with Gasteiger partial charge in [-0.1, -0.05) is 44.2 Å². The molecule has 0 N–H and O–H groups in total. The lowest BCUT2D eigenvalue weighted by atomic mass is 10.3. The standard InChI is InChI=1S/C8H12.C2H6/c1-3-5-7-8-6-4-2;1-2/h3-4,6-8H,1,5H2,2H3;1-2H3/b6-4-,8-7-;. The Morgan fingerprint density at radius 3 is 2.20 bits per heavy atom. The molecule has 0 aromatic carbocycles. The zero-order valence-electron chi connectivity index (χ0n) is 7.30. The van der Waals surface area contributed by atoms with Crippen molar-refractivity contribution >= 4 is 0 Å². The molecule has 0 unspecified atom stereocenters. The lowest BCUT2D eigenvalue weighted by Gasteiger charge is -1.73. The predicted octanol–water partition coefficient (Wildman–Crippen LogP) is 3.72. The molecule has 58 valence electrons. The molecule has 0 aliphatic carbocycles. The largest absolute Gasteiger partial charge is 0.103 e. The highest BCUT2D eigenvalue weighted by Crippen LogP contribution is 1.82. The first-order valence-corrected chi connectivity index (χ1v) is 3.80. The molecule has 0 saturated heterocycles. The van der Waals surface area contributed by atoms with E-state index in [0.29, 0.717) is 0 Å². The van der Waals surface area contributed by atoms with Crippen molar-refractivity contribution in [3.8, 4) is 0 Å². The van der Waals surface area contributed by atoms with Gasteiger partial charge in [0.25, 0.3) is 0 Å². The van der Waals surface area contributed by atoms with Crippen LogP contribution in [0.3, 0.4) is 0 Å². The summed E-state index contributed by atoms with van der Waals surface area (Å²) in [4.78, 5) is 0. The van der Waals surface area contributed by atoms with Crippen LogP contribution in [0.25, 0.3) is 0 Å². The highest BCUT2D eigenvalue weighted by molar-refractivity contribution is 5.02. The van der Waals surface area contributed by atoms with Gasteiger partial charge in [0.05, 0.1) is 0 Å². The van der Waals surface area contributed by atoms with Crippen molar-refractivity contribution in [2.75, 3.05) is 0 Å². The van der Waals surface area contributed by atoms with Crippen LogP contribution in [0.4, 0.5) is 0 Å². The monoisotopic (exact) mass is 138 g/mol. The van der Waals surface area contributed by atoms with Crippen molar-refractivity contribution < 1.29 is 0 Å². The van der Waals surface area contributed by atoms with Gasteiger partial charge in [0, 0.05) is 0 Å². The Labute approximate surface area is 65.0 Å². The van der Waals surface area contributed by atoms with Crippen LogP contribution in [0.5, 0.6) is 0 Å². The number of allylic oxidation sites excluding steroid dienone is 5. The molecule has 0 aliphatic heterocycles. The summed E-state index contributed by atoms with van der Waals surface area (Å²) in [6, 6.07) is 0. The van der Waals surface area contributed by atoms with Gasteiger partial charge in [-0.3, -0.25) is 0 Å². The third kappa shape index (κ3) is 15.7. The minimum atomic E-state index is 0.963. The second-order valence-corrected chi connectivity index (χ2v) is 1.48. The molecule has 0 amide bonds. The van der Waals surface area contributed by atoms with Crippen LogP contribution in [0, 0.1) is 0 Å². The fourth-order valence-corrected chi connectivity index (χ4v) is 0.364. The maximum atomic E-state index is 3.58. The van der Waals surface area contributed by atoms with Gasteiger partial charge < -0.3 is 0 Å². The van der Waals surface area contributed by atoms with E-state index in [1.807, 2.05) is 45.1 Å². The minimum absolute atomic E-state index is 0.963. The van der Waals surface area contributed by atoms with Gasteiger partial charge in [0.1, 0.15) is 0 Å². The summed E-state index contributed by atoms with van der Waals surface area (Å²) in [5.41, 5.74) is 0. The maximum absolute atomic E-state index is 3.58. The van der Waals surface area contributed by atoms with Gasteiger partial charge in [-0.15, -0.1) is 6.58 Å². The lowest BCUT2D eigenvalue weighted by molar-refractivity contribution is 1.41. The molecule has 0 rings (SSSR count). The van der Waals surface area contributed by atoms with Crippen LogP contribution in [0.1, 0.15) is 27.2 Å². The first-order chi connectivity index (χ1) is 4.91. The van der Waals surface area contributed by atoms with Gasteiger partial charge in [-0.05, 0) is 13.3 Å². The van der Waals surface area contributed by atoms with Crippen LogP contribution in [-0.2, 0) is 0 Å².